The van der Waals surface area contributed by atoms with Gasteiger partial charge in [-0.2, -0.15) is 0 Å². The number of hydrogen-bond donors (Lipinski definition) is 1. The van der Waals surface area contributed by atoms with Gasteiger partial charge in [0.05, 0.1) is 0 Å². The summed E-state index contributed by atoms with van der Waals surface area (Å²) in [5.74, 6) is 0. The summed E-state index contributed by atoms with van der Waals surface area (Å²) in [7, 11) is -4.17. The van der Waals surface area contributed by atoms with Crippen LogP contribution in [0.1, 0.15) is 0 Å². The van der Waals surface area contributed by atoms with E-state index in [1.54, 1.807) is 0 Å². The zero-order valence-corrected chi connectivity index (χ0v) is 21.5. The van der Waals surface area contributed by atoms with Crippen LogP contribution in [0, 0.1) is 30.3 Å². The Hall–Kier alpha value is -1.42. The SMILES string of the molecule is COP(C)(=O)O.COP(C)(=O)OC.COP(C)(=O)[O-].O=[N+]([O-])[O][Al]([O][N+](=O)[O-])[O][N+](=O)[O-]. The van der Waals surface area contributed by atoms with Crippen LogP contribution >= 0.6 is 22.8 Å². The Morgan fingerprint density at radius 1 is 0.688 bits per heavy atom. The van der Waals surface area contributed by atoms with Crippen molar-refractivity contribution in [2.45, 2.75) is 0 Å². The van der Waals surface area contributed by atoms with Gasteiger partial charge in [0.15, 0.2) is 0 Å². The quantitative estimate of drug-likeness (QED) is 0.160. The van der Waals surface area contributed by atoms with Gasteiger partial charge in [-0.3, -0.25) is 9.13 Å². The third-order valence-corrected chi connectivity index (χ3v) is 5.55. The first-order valence-electron chi connectivity index (χ1n) is 6.99. The predicted octanol–water partition coefficient (Wildman–Crippen LogP) is -0.0377. The first-order chi connectivity index (χ1) is 14.2. The highest BCUT2D eigenvalue weighted by Gasteiger charge is 2.40. The van der Waals surface area contributed by atoms with Gasteiger partial charge in [0.25, 0.3) is 15.3 Å². The van der Waals surface area contributed by atoms with Gasteiger partial charge < -0.3 is 44.1 Å². The lowest BCUT2D eigenvalue weighted by Gasteiger charge is -2.12. The van der Waals surface area contributed by atoms with E-state index in [0.29, 0.717) is 0 Å². The summed E-state index contributed by atoms with van der Waals surface area (Å²) in [6.45, 7) is 3.56. The monoisotopic (exact) mass is 556 g/mol. The summed E-state index contributed by atoms with van der Waals surface area (Å²) in [6.07, 6.45) is 0. The second kappa shape index (κ2) is 19.1. The van der Waals surface area contributed by atoms with Gasteiger partial charge in [-0.25, -0.2) is 0 Å². The van der Waals surface area contributed by atoms with E-state index in [4.69, 9.17) is 4.89 Å². The van der Waals surface area contributed by atoms with Gasteiger partial charge >= 0.3 is 30.3 Å². The van der Waals surface area contributed by atoms with E-state index < -0.39 is 53.2 Å². The molecule has 0 aliphatic heterocycles. The van der Waals surface area contributed by atoms with Gasteiger partial charge in [0, 0.05) is 48.4 Å². The molecule has 0 radical (unpaired) electrons. The molecule has 0 bridgehead atoms. The van der Waals surface area contributed by atoms with Crippen LogP contribution in [0.3, 0.4) is 0 Å². The second-order valence-electron chi connectivity index (χ2n) is 4.35. The highest BCUT2D eigenvalue weighted by atomic mass is 31.2. The van der Waals surface area contributed by atoms with Gasteiger partial charge in [0.2, 0.25) is 0 Å². The molecule has 2 unspecified atom stereocenters. The Morgan fingerprint density at radius 2 is 0.906 bits per heavy atom. The Balaban J connectivity index is -0.000000176. The van der Waals surface area contributed by atoms with E-state index in [0.717, 1.165) is 20.4 Å². The number of nitrogens with zero attached hydrogens (tertiary/aromatic N) is 3. The molecule has 32 heavy (non-hydrogen) atoms. The minimum Gasteiger partial charge on any atom is -0.779 e. The van der Waals surface area contributed by atoms with E-state index in [1.165, 1.54) is 28.0 Å². The molecule has 0 saturated heterocycles. The van der Waals surface area contributed by atoms with Crippen LogP contribution in [0.2, 0.25) is 0 Å². The largest absolute Gasteiger partial charge is 0.963 e. The highest BCUT2D eigenvalue weighted by molar-refractivity contribution is 7.53. The first-order valence-corrected chi connectivity index (χ1v) is 14.4. The fourth-order valence-electron chi connectivity index (χ4n) is 0.343. The van der Waals surface area contributed by atoms with Gasteiger partial charge in [-0.05, 0) is 0 Å². The summed E-state index contributed by atoms with van der Waals surface area (Å²) in [6, 6.07) is 0. The zero-order chi connectivity index (χ0) is 26.8. The van der Waals surface area contributed by atoms with Crippen molar-refractivity contribution in [3.8, 4) is 0 Å². The van der Waals surface area contributed by atoms with Crippen LogP contribution in [0.4, 0.5) is 0 Å². The summed E-state index contributed by atoms with van der Waals surface area (Å²) in [5.41, 5.74) is 0. The van der Waals surface area contributed by atoms with E-state index in [2.05, 4.69) is 29.8 Å². The maximum absolute atomic E-state index is 10.5. The fraction of sp³-hybridized carbons (Fsp3) is 1.00. The summed E-state index contributed by atoms with van der Waals surface area (Å²) < 4.78 is 57.3. The molecule has 0 aliphatic carbocycles. The van der Waals surface area contributed by atoms with Crippen molar-refractivity contribution in [2.75, 3.05) is 48.4 Å². The molecule has 0 aromatic heterocycles. The molecule has 0 heterocycles. The van der Waals surface area contributed by atoms with E-state index in [1.807, 2.05) is 0 Å². The molecule has 0 aliphatic rings. The average Bonchev–Trinajstić information content (AvgIpc) is 2.60. The lowest BCUT2D eigenvalue weighted by molar-refractivity contribution is -0.799. The Labute approximate surface area is 185 Å². The highest BCUT2D eigenvalue weighted by Crippen LogP contribution is 2.40. The Bertz CT molecular complexity index is 625. The summed E-state index contributed by atoms with van der Waals surface area (Å²) in [5, 5.41) is 24.3. The van der Waals surface area contributed by atoms with Gasteiger partial charge in [-0.15, -0.1) is 30.3 Å². The predicted molar refractivity (Wildman–Crippen MR) is 101 cm³/mol. The molecule has 0 spiro atoms. The number of hydrogen-bond acceptors (Lipinski definition) is 17. The third-order valence-electron chi connectivity index (χ3n) is 1.85. The second-order valence-corrected chi connectivity index (χ2v) is 11.7. The van der Waals surface area contributed by atoms with Crippen LogP contribution < -0.4 is 4.89 Å². The van der Waals surface area contributed by atoms with Gasteiger partial charge in [0.1, 0.15) is 7.60 Å². The number of rotatable bonds is 10. The smallest absolute Gasteiger partial charge is 0.779 e. The fourth-order valence-corrected chi connectivity index (χ4v) is 1.03. The van der Waals surface area contributed by atoms with Crippen molar-refractivity contribution in [1.29, 1.82) is 0 Å². The molecule has 192 valence electrons. The standard InChI is InChI=1S/C3H9O3P.2C2H7O3P.Al.3NO3/c1-5-7(3,4)6-2;2*1-5-6(2,3)4;;3*2-1(3)4/h1-3H3;2*1-2H3,(H,3,4);;;;/q;;;+3;3*-1/p-1. The Morgan fingerprint density at radius 3 is 0.969 bits per heavy atom. The van der Waals surface area contributed by atoms with Crippen LogP contribution in [0.25, 0.3) is 0 Å². The van der Waals surface area contributed by atoms with Crippen molar-refractivity contribution < 1.29 is 68.5 Å². The molecule has 0 rings (SSSR count). The van der Waals surface area contributed by atoms with Crippen molar-refractivity contribution >= 4 is 37.9 Å². The molecular formula is C7H22AlN3O18P3-. The van der Waals surface area contributed by atoms with Crippen molar-refractivity contribution in [1.82, 2.24) is 0 Å². The minimum absolute atomic E-state index is 1.02. The van der Waals surface area contributed by atoms with E-state index in [-0.39, 0.29) is 0 Å². The Kier molecular flexibility index (Phi) is 22.6. The first kappa shape index (κ1) is 37.9. The maximum atomic E-state index is 10.5. The van der Waals surface area contributed by atoms with Crippen molar-refractivity contribution in [3.05, 3.63) is 30.3 Å². The van der Waals surface area contributed by atoms with Crippen LogP contribution in [0.5, 0.6) is 0 Å². The molecule has 0 aromatic carbocycles. The van der Waals surface area contributed by atoms with Crippen LogP contribution in [-0.2, 0) is 43.5 Å². The average molecular weight is 556 g/mol. The zero-order valence-electron chi connectivity index (χ0n) is 17.6. The van der Waals surface area contributed by atoms with E-state index in [9.17, 15) is 48.9 Å². The van der Waals surface area contributed by atoms with Gasteiger partial charge in [-0.1, -0.05) is 0 Å². The molecule has 21 nitrogen and oxygen atoms in total. The van der Waals surface area contributed by atoms with Crippen molar-refractivity contribution in [3.63, 3.8) is 0 Å². The molecule has 25 heteroatoms. The summed E-state index contributed by atoms with van der Waals surface area (Å²) in [4.78, 5) is 46.7. The molecule has 1 N–H and O–H groups in total. The molecule has 0 aromatic rings. The minimum atomic E-state index is -4.00. The van der Waals surface area contributed by atoms with Crippen LogP contribution in [0.15, 0.2) is 0 Å². The molecular weight excluding hydrogens is 534 g/mol. The van der Waals surface area contributed by atoms with Crippen LogP contribution in [-0.4, -0.2) is 83.7 Å². The lowest BCUT2D eigenvalue weighted by Crippen LogP contribution is -2.33. The molecule has 2 atom stereocenters. The molecule has 0 fully saturated rings. The summed E-state index contributed by atoms with van der Waals surface area (Å²) >= 11 is -4.00. The topological polar surface area (TPSA) is 289 Å². The third kappa shape index (κ3) is 42.6. The lowest BCUT2D eigenvalue weighted by atomic mass is 11.8. The maximum Gasteiger partial charge on any atom is 0.963 e. The normalized spacial score (nSPS) is 13.4. The van der Waals surface area contributed by atoms with E-state index >= 15 is 0 Å². The van der Waals surface area contributed by atoms with Crippen molar-refractivity contribution in [2.24, 2.45) is 0 Å². The molecule has 0 amide bonds. The molecule has 0 saturated carbocycles.